The number of carbonyl (C=O) groups excluding carboxylic acids is 1. The number of benzene rings is 1. The lowest BCUT2D eigenvalue weighted by Gasteiger charge is -2.37. The van der Waals surface area contributed by atoms with E-state index in [-0.39, 0.29) is 30.1 Å². The first-order valence-electron chi connectivity index (χ1n) is 8.42. The van der Waals surface area contributed by atoms with Gasteiger partial charge in [0, 0.05) is 12.4 Å². The Bertz CT molecular complexity index is 733. The summed E-state index contributed by atoms with van der Waals surface area (Å²) in [5.74, 6) is -0.347. The van der Waals surface area contributed by atoms with E-state index >= 15 is 0 Å². The summed E-state index contributed by atoms with van der Waals surface area (Å²) in [6, 6.07) is 6.22. The topological polar surface area (TPSA) is 68.2 Å². The molecule has 1 amide bonds. The zero-order valence-electron chi connectivity index (χ0n) is 14.9. The van der Waals surface area contributed by atoms with Gasteiger partial charge in [-0.3, -0.25) is 9.48 Å². The van der Waals surface area contributed by atoms with Crippen molar-refractivity contribution in [1.82, 2.24) is 20.4 Å². The van der Waals surface area contributed by atoms with Crippen LogP contribution in [0.15, 0.2) is 36.7 Å². The molecule has 1 aliphatic rings. The van der Waals surface area contributed by atoms with Crippen molar-refractivity contribution < 1.29 is 13.9 Å². The van der Waals surface area contributed by atoms with Crippen molar-refractivity contribution in [1.29, 1.82) is 0 Å². The second kappa shape index (κ2) is 8.51. The minimum absolute atomic E-state index is 0. The third kappa shape index (κ3) is 3.83. The quantitative estimate of drug-likeness (QED) is 0.833. The maximum absolute atomic E-state index is 13.9. The van der Waals surface area contributed by atoms with Crippen LogP contribution in [-0.2, 0) is 10.3 Å². The summed E-state index contributed by atoms with van der Waals surface area (Å²) in [6.07, 6.45) is 4.82. The molecule has 0 saturated carbocycles. The van der Waals surface area contributed by atoms with E-state index in [2.05, 4.69) is 15.7 Å². The van der Waals surface area contributed by atoms with Crippen LogP contribution in [0.5, 0.6) is 5.75 Å². The van der Waals surface area contributed by atoms with Crippen molar-refractivity contribution in [2.45, 2.75) is 31.3 Å². The highest BCUT2D eigenvalue weighted by atomic mass is 35.5. The number of hydrogen-bond donors (Lipinski definition) is 2. The van der Waals surface area contributed by atoms with E-state index < -0.39 is 11.4 Å². The predicted molar refractivity (Wildman–Crippen MR) is 99.1 cm³/mol. The van der Waals surface area contributed by atoms with Gasteiger partial charge in [-0.05, 0) is 56.6 Å². The minimum atomic E-state index is -0.714. The van der Waals surface area contributed by atoms with Gasteiger partial charge in [-0.15, -0.1) is 12.4 Å². The molecule has 0 radical (unpaired) electrons. The number of hydrogen-bond acceptors (Lipinski definition) is 4. The Morgan fingerprint density at radius 3 is 2.73 bits per heavy atom. The SMILES string of the molecule is COc1ccc(C(C)NC(=O)C2(n3cccn3)CCNCC2)cc1F.Cl. The first-order chi connectivity index (χ1) is 12.1. The Balaban J connectivity index is 0.00000243. The van der Waals surface area contributed by atoms with Crippen molar-refractivity contribution in [3.05, 3.63) is 48.0 Å². The van der Waals surface area contributed by atoms with Crippen molar-refractivity contribution >= 4 is 18.3 Å². The average molecular weight is 383 g/mol. The number of amides is 1. The van der Waals surface area contributed by atoms with E-state index in [4.69, 9.17) is 4.74 Å². The van der Waals surface area contributed by atoms with Gasteiger partial charge in [0.05, 0.1) is 13.2 Å². The molecule has 8 heteroatoms. The molecule has 1 saturated heterocycles. The highest BCUT2D eigenvalue weighted by molar-refractivity contribution is 5.85. The van der Waals surface area contributed by atoms with Crippen molar-refractivity contribution in [3.8, 4) is 5.75 Å². The van der Waals surface area contributed by atoms with E-state index in [0.717, 1.165) is 13.1 Å². The molecule has 142 valence electrons. The maximum Gasteiger partial charge on any atom is 0.248 e. The van der Waals surface area contributed by atoms with Gasteiger partial charge in [0.25, 0.3) is 0 Å². The molecule has 6 nitrogen and oxygen atoms in total. The number of carbonyl (C=O) groups is 1. The second-order valence-electron chi connectivity index (χ2n) is 6.32. The lowest BCUT2D eigenvalue weighted by molar-refractivity contribution is -0.132. The Morgan fingerprint density at radius 2 is 2.15 bits per heavy atom. The van der Waals surface area contributed by atoms with Gasteiger partial charge in [0.1, 0.15) is 5.54 Å². The normalized spacial score (nSPS) is 17.0. The fourth-order valence-electron chi connectivity index (χ4n) is 3.29. The fraction of sp³-hybridized carbons (Fsp3) is 0.444. The van der Waals surface area contributed by atoms with Crippen molar-refractivity contribution in [2.24, 2.45) is 0 Å². The number of nitrogens with one attached hydrogen (secondary N) is 2. The molecule has 3 rings (SSSR count). The Kier molecular flexibility index (Phi) is 6.61. The van der Waals surface area contributed by atoms with Crippen molar-refractivity contribution in [3.63, 3.8) is 0 Å². The van der Waals surface area contributed by atoms with Gasteiger partial charge in [-0.1, -0.05) is 6.07 Å². The summed E-state index contributed by atoms with van der Waals surface area (Å²) >= 11 is 0. The molecule has 1 aromatic carbocycles. The molecule has 2 aromatic rings. The van der Waals surface area contributed by atoms with Crippen LogP contribution in [0.25, 0.3) is 0 Å². The van der Waals surface area contributed by atoms with E-state index in [9.17, 15) is 9.18 Å². The van der Waals surface area contributed by atoms with Gasteiger partial charge in [-0.2, -0.15) is 5.10 Å². The number of methoxy groups -OCH3 is 1. The standard InChI is InChI=1S/C18H23FN4O2.ClH/c1-13(14-4-5-16(25-2)15(19)12-14)22-17(24)18(6-9-20-10-7-18)23-11-3-8-21-23;/h3-5,8,11-13,20H,6-7,9-10H2,1-2H3,(H,22,24);1H. The maximum atomic E-state index is 13.9. The monoisotopic (exact) mass is 382 g/mol. The fourth-order valence-corrected chi connectivity index (χ4v) is 3.29. The molecule has 1 fully saturated rings. The number of nitrogens with zero attached hydrogens (tertiary/aromatic N) is 2. The molecule has 0 aliphatic carbocycles. The predicted octanol–water partition coefficient (Wildman–Crippen LogP) is 2.41. The van der Waals surface area contributed by atoms with Crippen LogP contribution >= 0.6 is 12.4 Å². The first-order valence-corrected chi connectivity index (χ1v) is 8.42. The number of ether oxygens (including phenoxy) is 1. The highest BCUT2D eigenvalue weighted by Crippen LogP contribution is 2.29. The van der Waals surface area contributed by atoms with E-state index in [0.29, 0.717) is 18.4 Å². The number of halogens is 2. The van der Waals surface area contributed by atoms with Gasteiger partial charge in [0.15, 0.2) is 11.6 Å². The molecular weight excluding hydrogens is 359 g/mol. The van der Waals surface area contributed by atoms with Gasteiger partial charge >= 0.3 is 0 Å². The van der Waals surface area contributed by atoms with Gasteiger partial charge < -0.3 is 15.4 Å². The molecule has 0 bridgehead atoms. The van der Waals surface area contributed by atoms with Crippen LogP contribution in [0.2, 0.25) is 0 Å². The zero-order chi connectivity index (χ0) is 17.9. The number of aromatic nitrogens is 2. The molecule has 1 aromatic heterocycles. The summed E-state index contributed by atoms with van der Waals surface area (Å²) in [5.41, 5.74) is -0.0233. The summed E-state index contributed by atoms with van der Waals surface area (Å²) in [5, 5.41) is 10.6. The molecule has 1 aliphatic heterocycles. The summed E-state index contributed by atoms with van der Waals surface area (Å²) in [6.45, 7) is 3.34. The van der Waals surface area contributed by atoms with Crippen LogP contribution in [0, 0.1) is 5.82 Å². The highest BCUT2D eigenvalue weighted by Gasteiger charge is 2.42. The Labute approximate surface area is 158 Å². The molecule has 2 heterocycles. The summed E-state index contributed by atoms with van der Waals surface area (Å²) in [4.78, 5) is 13.1. The van der Waals surface area contributed by atoms with Crippen molar-refractivity contribution in [2.75, 3.05) is 20.2 Å². The molecule has 26 heavy (non-hydrogen) atoms. The third-order valence-electron chi connectivity index (χ3n) is 4.82. The first kappa shape index (κ1) is 20.2. The van der Waals surface area contributed by atoms with Gasteiger partial charge in [0.2, 0.25) is 5.91 Å². The van der Waals surface area contributed by atoms with Gasteiger partial charge in [-0.25, -0.2) is 4.39 Å². The smallest absolute Gasteiger partial charge is 0.248 e. The molecule has 1 unspecified atom stereocenters. The molecule has 1 atom stereocenters. The lowest BCUT2D eigenvalue weighted by atomic mass is 9.87. The van der Waals surface area contributed by atoms with Crippen LogP contribution in [-0.4, -0.2) is 35.9 Å². The average Bonchev–Trinajstić information content (AvgIpc) is 3.17. The molecule has 2 N–H and O–H groups in total. The summed E-state index contributed by atoms with van der Waals surface area (Å²) < 4.78 is 20.6. The van der Waals surface area contributed by atoms with Crippen LogP contribution in [0.4, 0.5) is 4.39 Å². The van der Waals surface area contributed by atoms with Crippen LogP contribution < -0.4 is 15.4 Å². The molecular formula is C18H24ClFN4O2. The lowest BCUT2D eigenvalue weighted by Crippen LogP contribution is -2.55. The van der Waals surface area contributed by atoms with Crippen LogP contribution in [0.3, 0.4) is 0 Å². The zero-order valence-corrected chi connectivity index (χ0v) is 15.7. The van der Waals surface area contributed by atoms with E-state index in [1.54, 1.807) is 23.0 Å². The largest absolute Gasteiger partial charge is 0.494 e. The third-order valence-corrected chi connectivity index (χ3v) is 4.82. The minimum Gasteiger partial charge on any atom is -0.494 e. The number of piperidine rings is 1. The second-order valence-corrected chi connectivity index (χ2v) is 6.32. The van der Waals surface area contributed by atoms with E-state index in [1.807, 2.05) is 19.2 Å². The van der Waals surface area contributed by atoms with E-state index in [1.165, 1.54) is 13.2 Å². The number of rotatable bonds is 5. The summed E-state index contributed by atoms with van der Waals surface area (Å²) in [7, 11) is 1.42. The Hall–Kier alpha value is -2.12. The Morgan fingerprint density at radius 1 is 1.42 bits per heavy atom. The van der Waals surface area contributed by atoms with Crippen LogP contribution in [0.1, 0.15) is 31.4 Å². The molecule has 0 spiro atoms.